The first-order chi connectivity index (χ1) is 8.74. The summed E-state index contributed by atoms with van der Waals surface area (Å²) in [6.07, 6.45) is 9.27. The van der Waals surface area contributed by atoms with Gasteiger partial charge in [-0.2, -0.15) is 0 Å². The van der Waals surface area contributed by atoms with Crippen LogP contribution in [0, 0.1) is 0 Å². The zero-order chi connectivity index (χ0) is 12.5. The van der Waals surface area contributed by atoms with Gasteiger partial charge in [0.25, 0.3) is 0 Å². The Hall–Kier alpha value is -1.03. The second-order valence-electron chi connectivity index (χ2n) is 5.95. The first-order valence-corrected chi connectivity index (χ1v) is 7.27. The Morgan fingerprint density at radius 2 is 2.22 bits per heavy atom. The minimum Gasteiger partial charge on any atom is -0.353 e. The van der Waals surface area contributed by atoms with Crippen LogP contribution < -0.4 is 5.32 Å². The van der Waals surface area contributed by atoms with Gasteiger partial charge in [0.15, 0.2) is 0 Å². The molecule has 18 heavy (non-hydrogen) atoms. The third kappa shape index (κ3) is 2.26. The van der Waals surface area contributed by atoms with Crippen LogP contribution >= 0.6 is 0 Å². The number of aromatic nitrogens is 2. The molecule has 0 spiro atoms. The SMILES string of the molecule is CC(C)n1ccnc1NC1CCN2CCCC2C1. The zero-order valence-corrected chi connectivity index (χ0v) is 11.5. The average Bonchev–Trinajstić information content (AvgIpc) is 2.96. The first-order valence-electron chi connectivity index (χ1n) is 7.27. The van der Waals surface area contributed by atoms with Gasteiger partial charge in [0.1, 0.15) is 0 Å². The summed E-state index contributed by atoms with van der Waals surface area (Å²) in [5.41, 5.74) is 0. The maximum absolute atomic E-state index is 4.46. The predicted molar refractivity (Wildman–Crippen MR) is 73.9 cm³/mol. The van der Waals surface area contributed by atoms with E-state index in [4.69, 9.17) is 0 Å². The highest BCUT2D eigenvalue weighted by atomic mass is 15.2. The van der Waals surface area contributed by atoms with Crippen molar-refractivity contribution in [3.63, 3.8) is 0 Å². The molecule has 0 aromatic carbocycles. The van der Waals surface area contributed by atoms with Crippen LogP contribution in [0.5, 0.6) is 0 Å². The normalized spacial score (nSPS) is 28.6. The third-order valence-corrected chi connectivity index (χ3v) is 4.38. The summed E-state index contributed by atoms with van der Waals surface area (Å²) in [7, 11) is 0. The number of rotatable bonds is 3. The molecule has 3 rings (SSSR count). The number of nitrogens with one attached hydrogen (secondary N) is 1. The molecule has 2 unspecified atom stereocenters. The van der Waals surface area contributed by atoms with Crippen LogP contribution in [-0.2, 0) is 0 Å². The lowest BCUT2D eigenvalue weighted by atomic mass is 9.98. The van der Waals surface area contributed by atoms with Crippen molar-refractivity contribution in [2.24, 2.45) is 0 Å². The van der Waals surface area contributed by atoms with Gasteiger partial charge in [0.05, 0.1) is 0 Å². The Kier molecular flexibility index (Phi) is 3.29. The standard InChI is InChI=1S/C14H24N4/c1-11(2)18-9-6-15-14(18)16-12-5-8-17-7-3-4-13(17)10-12/h6,9,11-13H,3-5,7-8,10H2,1-2H3,(H,15,16). The van der Waals surface area contributed by atoms with Gasteiger partial charge in [-0.15, -0.1) is 0 Å². The molecule has 100 valence electrons. The minimum atomic E-state index is 0.474. The highest BCUT2D eigenvalue weighted by molar-refractivity contribution is 5.28. The maximum atomic E-state index is 4.46. The summed E-state index contributed by atoms with van der Waals surface area (Å²) < 4.78 is 2.22. The monoisotopic (exact) mass is 248 g/mol. The van der Waals surface area contributed by atoms with E-state index in [2.05, 4.69) is 39.8 Å². The summed E-state index contributed by atoms with van der Waals surface area (Å²) >= 11 is 0. The van der Waals surface area contributed by atoms with E-state index in [1.165, 1.54) is 38.8 Å². The maximum Gasteiger partial charge on any atom is 0.203 e. The first kappa shape index (κ1) is 12.0. The fourth-order valence-electron chi connectivity index (χ4n) is 3.38. The lowest BCUT2D eigenvalue weighted by Crippen LogP contribution is -2.43. The van der Waals surface area contributed by atoms with Crippen molar-refractivity contribution in [2.75, 3.05) is 18.4 Å². The van der Waals surface area contributed by atoms with Gasteiger partial charge in [-0.05, 0) is 46.1 Å². The number of nitrogens with zero attached hydrogens (tertiary/aromatic N) is 3. The van der Waals surface area contributed by atoms with Gasteiger partial charge < -0.3 is 14.8 Å². The molecular weight excluding hydrogens is 224 g/mol. The Morgan fingerprint density at radius 3 is 3.06 bits per heavy atom. The number of fused-ring (bicyclic) bond motifs is 1. The Balaban J connectivity index is 1.64. The van der Waals surface area contributed by atoms with E-state index in [-0.39, 0.29) is 0 Å². The molecule has 3 heterocycles. The number of hydrogen-bond donors (Lipinski definition) is 1. The van der Waals surface area contributed by atoms with Crippen molar-refractivity contribution in [2.45, 2.75) is 57.7 Å². The molecule has 2 aliphatic heterocycles. The molecule has 1 N–H and O–H groups in total. The number of anilines is 1. The van der Waals surface area contributed by atoms with Crippen LogP contribution in [-0.4, -0.2) is 39.6 Å². The van der Waals surface area contributed by atoms with E-state index in [1.54, 1.807) is 0 Å². The average molecular weight is 248 g/mol. The molecule has 0 saturated carbocycles. The summed E-state index contributed by atoms with van der Waals surface area (Å²) in [6, 6.07) is 1.89. The van der Waals surface area contributed by atoms with Crippen molar-refractivity contribution < 1.29 is 0 Å². The Bertz CT molecular complexity index is 398. The molecule has 0 radical (unpaired) electrons. The molecule has 2 fully saturated rings. The second-order valence-corrected chi connectivity index (χ2v) is 5.95. The number of hydrogen-bond acceptors (Lipinski definition) is 3. The van der Waals surface area contributed by atoms with Crippen LogP contribution in [0.4, 0.5) is 5.95 Å². The van der Waals surface area contributed by atoms with Crippen LogP contribution in [0.15, 0.2) is 12.4 Å². The highest BCUT2D eigenvalue weighted by Gasteiger charge is 2.31. The smallest absolute Gasteiger partial charge is 0.203 e. The van der Waals surface area contributed by atoms with Gasteiger partial charge >= 0.3 is 0 Å². The van der Waals surface area contributed by atoms with Crippen molar-refractivity contribution in [1.29, 1.82) is 0 Å². The van der Waals surface area contributed by atoms with E-state index < -0.39 is 0 Å². The van der Waals surface area contributed by atoms with Crippen molar-refractivity contribution in [3.05, 3.63) is 12.4 Å². The second kappa shape index (κ2) is 4.92. The van der Waals surface area contributed by atoms with Gasteiger partial charge in [-0.25, -0.2) is 4.98 Å². The molecule has 2 atom stereocenters. The molecule has 0 aliphatic carbocycles. The van der Waals surface area contributed by atoms with E-state index in [9.17, 15) is 0 Å². The lowest BCUT2D eigenvalue weighted by molar-refractivity contribution is 0.187. The molecule has 2 saturated heterocycles. The molecule has 1 aromatic rings. The molecule has 2 aliphatic rings. The van der Waals surface area contributed by atoms with Crippen molar-refractivity contribution in [1.82, 2.24) is 14.5 Å². The van der Waals surface area contributed by atoms with Crippen molar-refractivity contribution >= 4 is 5.95 Å². The largest absolute Gasteiger partial charge is 0.353 e. The van der Waals surface area contributed by atoms with Crippen LogP contribution in [0.3, 0.4) is 0 Å². The van der Waals surface area contributed by atoms with Gasteiger partial charge in [-0.1, -0.05) is 0 Å². The summed E-state index contributed by atoms with van der Waals surface area (Å²) in [5.74, 6) is 1.04. The predicted octanol–water partition coefficient (Wildman–Crippen LogP) is 2.50. The lowest BCUT2D eigenvalue weighted by Gasteiger charge is -2.35. The number of piperidine rings is 1. The van der Waals surface area contributed by atoms with E-state index in [1.807, 2.05) is 6.20 Å². The Morgan fingerprint density at radius 1 is 1.33 bits per heavy atom. The fourth-order valence-corrected chi connectivity index (χ4v) is 3.38. The third-order valence-electron chi connectivity index (χ3n) is 4.38. The van der Waals surface area contributed by atoms with Gasteiger partial charge in [-0.3, -0.25) is 0 Å². The van der Waals surface area contributed by atoms with Crippen LogP contribution in [0.2, 0.25) is 0 Å². The van der Waals surface area contributed by atoms with Crippen LogP contribution in [0.1, 0.15) is 45.6 Å². The van der Waals surface area contributed by atoms with Crippen LogP contribution in [0.25, 0.3) is 0 Å². The van der Waals surface area contributed by atoms with Gasteiger partial charge in [0, 0.05) is 37.1 Å². The molecule has 4 heteroatoms. The summed E-state index contributed by atoms with van der Waals surface area (Å²) in [4.78, 5) is 7.12. The van der Waals surface area contributed by atoms with E-state index >= 15 is 0 Å². The van der Waals surface area contributed by atoms with E-state index in [0.717, 1.165) is 12.0 Å². The minimum absolute atomic E-state index is 0.474. The molecule has 0 bridgehead atoms. The fraction of sp³-hybridized carbons (Fsp3) is 0.786. The highest BCUT2D eigenvalue weighted by Crippen LogP contribution is 2.28. The van der Waals surface area contributed by atoms with Crippen molar-refractivity contribution in [3.8, 4) is 0 Å². The topological polar surface area (TPSA) is 33.1 Å². The van der Waals surface area contributed by atoms with Gasteiger partial charge in [0.2, 0.25) is 5.95 Å². The number of imidazole rings is 1. The summed E-state index contributed by atoms with van der Waals surface area (Å²) in [5, 5.41) is 3.65. The summed E-state index contributed by atoms with van der Waals surface area (Å²) in [6.45, 7) is 6.97. The quantitative estimate of drug-likeness (QED) is 0.892. The molecule has 4 nitrogen and oxygen atoms in total. The molecule has 1 aromatic heterocycles. The van der Waals surface area contributed by atoms with E-state index in [0.29, 0.717) is 12.1 Å². The zero-order valence-electron chi connectivity index (χ0n) is 11.5. The molecule has 0 amide bonds. The Labute approximate surface area is 109 Å². The molecular formula is C14H24N4.